The summed E-state index contributed by atoms with van der Waals surface area (Å²) in [7, 11) is 1.98. The van der Waals surface area contributed by atoms with Crippen molar-refractivity contribution in [2.24, 2.45) is 13.0 Å². The largest absolute Gasteiger partial charge is 0.344 e. The zero-order chi connectivity index (χ0) is 24.5. The molecule has 2 heterocycles. The van der Waals surface area contributed by atoms with E-state index in [0.29, 0.717) is 18.5 Å². The number of fused-ring (bicyclic) bond motifs is 2. The highest BCUT2D eigenvalue weighted by Crippen LogP contribution is 2.28. The number of hydrogen-bond acceptors (Lipinski definition) is 3. The van der Waals surface area contributed by atoms with E-state index in [1.54, 1.807) is 4.90 Å². The molecule has 5 rings (SSSR count). The smallest absolute Gasteiger partial charge is 0.255 e. The molecule has 1 aliphatic rings. The van der Waals surface area contributed by atoms with Gasteiger partial charge in [0.05, 0.1) is 17.1 Å². The van der Waals surface area contributed by atoms with Crippen LogP contribution in [-0.4, -0.2) is 32.3 Å². The summed E-state index contributed by atoms with van der Waals surface area (Å²) in [5, 5.41) is 3.27. The van der Waals surface area contributed by atoms with E-state index >= 15 is 0 Å². The Morgan fingerprint density at radius 2 is 1.66 bits per heavy atom. The summed E-state index contributed by atoms with van der Waals surface area (Å²) in [6, 6.07) is 24.7. The summed E-state index contributed by atoms with van der Waals surface area (Å²) >= 11 is 0. The number of hydrogen-bond donors (Lipinski definition) is 1. The minimum absolute atomic E-state index is 0.0499. The predicted octanol–water partition coefficient (Wildman–Crippen LogP) is 4.65. The molecular weight excluding hydrogens is 436 g/mol. The number of aromatic nitrogens is 2. The number of amides is 2. The van der Waals surface area contributed by atoms with E-state index in [1.807, 2.05) is 92.2 Å². The molecule has 2 atom stereocenters. The first-order valence-corrected chi connectivity index (χ1v) is 12.1. The van der Waals surface area contributed by atoms with Gasteiger partial charge in [-0.25, -0.2) is 4.98 Å². The van der Waals surface area contributed by atoms with Crippen molar-refractivity contribution in [3.8, 4) is 0 Å². The summed E-state index contributed by atoms with van der Waals surface area (Å²) in [4.78, 5) is 33.6. The van der Waals surface area contributed by atoms with Crippen molar-refractivity contribution in [1.29, 1.82) is 0 Å². The van der Waals surface area contributed by atoms with E-state index in [-0.39, 0.29) is 23.8 Å². The first-order valence-electron chi connectivity index (χ1n) is 12.1. The predicted molar refractivity (Wildman–Crippen MR) is 137 cm³/mol. The van der Waals surface area contributed by atoms with Gasteiger partial charge in [0.15, 0.2) is 0 Å². The average molecular weight is 467 g/mol. The molecule has 6 nitrogen and oxygen atoms in total. The number of benzene rings is 3. The maximum Gasteiger partial charge on any atom is 0.255 e. The maximum atomic E-state index is 13.8. The Bertz CT molecular complexity index is 1380. The number of rotatable bonds is 7. The van der Waals surface area contributed by atoms with Gasteiger partial charge in [0.2, 0.25) is 5.91 Å². The van der Waals surface area contributed by atoms with Gasteiger partial charge >= 0.3 is 0 Å². The van der Waals surface area contributed by atoms with Gasteiger partial charge in [0.1, 0.15) is 11.9 Å². The van der Waals surface area contributed by atoms with Gasteiger partial charge in [-0.2, -0.15) is 0 Å². The normalized spacial score (nSPS) is 14.9. The van der Waals surface area contributed by atoms with E-state index < -0.39 is 6.04 Å². The summed E-state index contributed by atoms with van der Waals surface area (Å²) in [5.74, 6) is 0.499. The van der Waals surface area contributed by atoms with Crippen LogP contribution in [0.15, 0.2) is 78.9 Å². The van der Waals surface area contributed by atoms with Crippen LogP contribution in [0.5, 0.6) is 0 Å². The van der Waals surface area contributed by atoms with Crippen LogP contribution in [0.25, 0.3) is 11.0 Å². The highest BCUT2D eigenvalue weighted by atomic mass is 16.2. The Balaban J connectivity index is 1.47. The van der Waals surface area contributed by atoms with Crippen molar-refractivity contribution in [3.05, 3.63) is 101 Å². The van der Waals surface area contributed by atoms with E-state index in [4.69, 9.17) is 4.98 Å². The van der Waals surface area contributed by atoms with Crippen molar-refractivity contribution < 1.29 is 9.59 Å². The summed E-state index contributed by atoms with van der Waals surface area (Å²) in [5.41, 5.74) is 4.66. The van der Waals surface area contributed by atoms with Crippen LogP contribution >= 0.6 is 0 Å². The highest BCUT2D eigenvalue weighted by Gasteiger charge is 2.39. The van der Waals surface area contributed by atoms with Crippen LogP contribution in [-0.2, 0) is 24.8 Å². The third-order valence-corrected chi connectivity index (χ3v) is 6.82. The molecule has 6 heteroatoms. The van der Waals surface area contributed by atoms with Crippen LogP contribution in [0, 0.1) is 5.92 Å². The molecule has 0 saturated carbocycles. The molecule has 0 unspecified atom stereocenters. The van der Waals surface area contributed by atoms with Crippen LogP contribution in [0.1, 0.15) is 47.2 Å². The molecule has 35 heavy (non-hydrogen) atoms. The van der Waals surface area contributed by atoms with Crippen LogP contribution in [0.2, 0.25) is 0 Å². The summed E-state index contributed by atoms with van der Waals surface area (Å²) < 4.78 is 2.05. The molecule has 2 amide bonds. The first-order chi connectivity index (χ1) is 16.9. The molecule has 0 fully saturated rings. The molecule has 0 radical (unpaired) electrons. The minimum Gasteiger partial charge on any atom is -0.344 e. The lowest BCUT2D eigenvalue weighted by atomic mass is 9.99. The third kappa shape index (κ3) is 4.32. The standard InChI is InChI=1S/C29H30N4O2/c1-19(2)26(33-18-21-13-7-8-14-22(21)29(33)35)28(34)31-24(17-20-11-5-4-6-12-20)27-30-23-15-9-10-16-25(23)32(27)3/h4-16,19,24,26H,17-18H2,1-3H3,(H,31,34)/t24-,26-/m0/s1. The number of para-hydroxylation sites is 2. The zero-order valence-corrected chi connectivity index (χ0v) is 20.3. The SMILES string of the molecule is CC(C)[C@@H](C(=O)N[C@@H](Cc1ccccc1)c1nc2ccccc2n1C)N1Cc2ccccc2C1=O. The highest BCUT2D eigenvalue weighted by molar-refractivity contribution is 6.01. The summed E-state index contributed by atoms with van der Waals surface area (Å²) in [6.45, 7) is 4.42. The molecule has 4 aromatic rings. The average Bonchev–Trinajstić information content (AvgIpc) is 3.36. The summed E-state index contributed by atoms with van der Waals surface area (Å²) in [6.07, 6.45) is 0.600. The zero-order valence-electron chi connectivity index (χ0n) is 20.3. The van der Waals surface area contributed by atoms with Gasteiger partial charge in [-0.05, 0) is 41.7 Å². The number of aryl methyl sites for hydroxylation is 1. The van der Waals surface area contributed by atoms with Crippen molar-refractivity contribution in [2.75, 3.05) is 0 Å². The van der Waals surface area contributed by atoms with E-state index in [2.05, 4.69) is 17.4 Å². The second-order valence-corrected chi connectivity index (χ2v) is 9.55. The van der Waals surface area contributed by atoms with Gasteiger partial charge in [-0.3, -0.25) is 9.59 Å². The number of nitrogens with zero attached hydrogens (tertiary/aromatic N) is 3. The van der Waals surface area contributed by atoms with Gasteiger partial charge in [-0.15, -0.1) is 0 Å². The van der Waals surface area contributed by atoms with Crippen LogP contribution in [0.4, 0.5) is 0 Å². The van der Waals surface area contributed by atoms with Crippen molar-refractivity contribution in [2.45, 2.75) is 38.9 Å². The van der Waals surface area contributed by atoms with Crippen molar-refractivity contribution >= 4 is 22.8 Å². The Kier molecular flexibility index (Phi) is 6.12. The molecule has 0 spiro atoms. The molecule has 1 aliphatic heterocycles. The van der Waals surface area contributed by atoms with E-state index in [0.717, 1.165) is 28.0 Å². The number of nitrogens with one attached hydrogen (secondary N) is 1. The Labute approximate surface area is 205 Å². The number of carbonyl (C=O) groups is 2. The monoisotopic (exact) mass is 466 g/mol. The van der Waals surface area contributed by atoms with E-state index in [9.17, 15) is 9.59 Å². The first kappa shape index (κ1) is 22.8. The molecule has 178 valence electrons. The molecule has 0 saturated heterocycles. The molecule has 0 bridgehead atoms. The number of imidazole rings is 1. The van der Waals surface area contributed by atoms with Crippen molar-refractivity contribution in [1.82, 2.24) is 19.8 Å². The lowest BCUT2D eigenvalue weighted by Gasteiger charge is -2.31. The molecule has 0 aliphatic carbocycles. The number of carbonyl (C=O) groups excluding carboxylic acids is 2. The Morgan fingerprint density at radius 1 is 0.971 bits per heavy atom. The molecule has 3 aromatic carbocycles. The quantitative estimate of drug-likeness (QED) is 0.431. The van der Waals surface area contributed by atoms with E-state index in [1.165, 1.54) is 0 Å². The molecular formula is C29H30N4O2. The van der Waals surface area contributed by atoms with Gasteiger partial charge in [0.25, 0.3) is 5.91 Å². The fraction of sp³-hybridized carbons (Fsp3) is 0.276. The Morgan fingerprint density at radius 3 is 2.37 bits per heavy atom. The maximum absolute atomic E-state index is 13.8. The lowest BCUT2D eigenvalue weighted by Crippen LogP contribution is -2.51. The topological polar surface area (TPSA) is 67.2 Å². The fourth-order valence-electron chi connectivity index (χ4n) is 5.10. The second kappa shape index (κ2) is 9.37. The van der Waals surface area contributed by atoms with Gasteiger partial charge in [0, 0.05) is 19.2 Å². The van der Waals surface area contributed by atoms with Crippen LogP contribution in [0.3, 0.4) is 0 Å². The second-order valence-electron chi connectivity index (χ2n) is 9.55. The van der Waals surface area contributed by atoms with Crippen LogP contribution < -0.4 is 5.32 Å². The third-order valence-electron chi connectivity index (χ3n) is 6.82. The Hall–Kier alpha value is -3.93. The van der Waals surface area contributed by atoms with Gasteiger partial charge < -0.3 is 14.8 Å². The fourth-order valence-corrected chi connectivity index (χ4v) is 5.10. The molecule has 1 N–H and O–H groups in total. The van der Waals surface area contributed by atoms with Crippen molar-refractivity contribution in [3.63, 3.8) is 0 Å². The molecule has 1 aromatic heterocycles. The van der Waals surface area contributed by atoms with Gasteiger partial charge in [-0.1, -0.05) is 74.5 Å². The lowest BCUT2D eigenvalue weighted by molar-refractivity contribution is -0.128. The minimum atomic E-state index is -0.581.